The molecule has 3 rings (SSSR count). The number of nitro groups is 1. The van der Waals surface area contributed by atoms with Gasteiger partial charge in [0.1, 0.15) is 12.4 Å². The van der Waals surface area contributed by atoms with Crippen LogP contribution in [0.25, 0.3) is 6.08 Å². The van der Waals surface area contributed by atoms with Gasteiger partial charge in [0.25, 0.3) is 5.69 Å². The van der Waals surface area contributed by atoms with E-state index in [1.807, 2.05) is 0 Å². The van der Waals surface area contributed by atoms with Crippen molar-refractivity contribution in [1.29, 1.82) is 0 Å². The Hall–Kier alpha value is -3.55. The van der Waals surface area contributed by atoms with Crippen LogP contribution < -0.4 is 14.2 Å². The number of non-ortho nitro benzene ring substituents is 1. The van der Waals surface area contributed by atoms with Crippen LogP contribution >= 0.6 is 0 Å². The number of nitro benzene ring substituents is 1. The molecule has 0 atom stereocenters. The zero-order valence-corrected chi connectivity index (χ0v) is 13.8. The number of ether oxygens (including phenoxy) is 4. The molecule has 0 amide bonds. The first-order valence-electron chi connectivity index (χ1n) is 7.62. The van der Waals surface area contributed by atoms with Crippen molar-refractivity contribution in [3.05, 3.63) is 63.7 Å². The monoisotopic (exact) mass is 357 g/mol. The quantitative estimate of drug-likeness (QED) is 0.339. The molecule has 8 nitrogen and oxygen atoms in total. The highest BCUT2D eigenvalue weighted by atomic mass is 16.7. The number of hydrogen-bond acceptors (Lipinski definition) is 7. The Balaban J connectivity index is 1.63. The summed E-state index contributed by atoms with van der Waals surface area (Å²) >= 11 is 0. The molecule has 0 spiro atoms. The normalized spacial score (nSPS) is 12.2. The average molecular weight is 357 g/mol. The van der Waals surface area contributed by atoms with Crippen LogP contribution in [-0.2, 0) is 16.1 Å². The van der Waals surface area contributed by atoms with E-state index in [0.717, 1.165) is 5.56 Å². The Kier molecular flexibility index (Phi) is 5.02. The minimum absolute atomic E-state index is 0.104. The van der Waals surface area contributed by atoms with E-state index in [9.17, 15) is 14.9 Å². The van der Waals surface area contributed by atoms with E-state index < -0.39 is 10.9 Å². The van der Waals surface area contributed by atoms with Crippen LogP contribution in [0.3, 0.4) is 0 Å². The van der Waals surface area contributed by atoms with E-state index in [1.54, 1.807) is 24.3 Å². The molecule has 0 radical (unpaired) electrons. The Bertz CT molecular complexity index is 876. The van der Waals surface area contributed by atoms with Crippen LogP contribution in [0.5, 0.6) is 17.2 Å². The highest BCUT2D eigenvalue weighted by molar-refractivity contribution is 5.87. The molecule has 8 heteroatoms. The molecular formula is C18H15NO7. The number of hydrogen-bond donors (Lipinski definition) is 0. The van der Waals surface area contributed by atoms with Gasteiger partial charge in [-0.2, -0.15) is 0 Å². The summed E-state index contributed by atoms with van der Waals surface area (Å²) in [7, 11) is 1.44. The Morgan fingerprint density at radius 2 is 2.04 bits per heavy atom. The number of esters is 1. The summed E-state index contributed by atoms with van der Waals surface area (Å²) < 4.78 is 20.7. The first-order chi connectivity index (χ1) is 12.6. The Labute approximate surface area is 148 Å². The van der Waals surface area contributed by atoms with E-state index in [0.29, 0.717) is 22.8 Å². The van der Waals surface area contributed by atoms with Gasteiger partial charge in [-0.1, -0.05) is 6.07 Å². The number of rotatable bonds is 6. The highest BCUT2D eigenvalue weighted by Gasteiger charge is 2.14. The van der Waals surface area contributed by atoms with Crippen molar-refractivity contribution < 1.29 is 28.7 Å². The van der Waals surface area contributed by atoms with Crippen molar-refractivity contribution in [3.8, 4) is 17.2 Å². The fraction of sp³-hybridized carbons (Fsp3) is 0.167. The molecule has 0 aliphatic carbocycles. The van der Waals surface area contributed by atoms with Crippen LogP contribution in [0.1, 0.15) is 11.1 Å². The van der Waals surface area contributed by atoms with Crippen molar-refractivity contribution in [2.24, 2.45) is 0 Å². The summed E-state index contributed by atoms with van der Waals surface area (Å²) in [5.41, 5.74) is 1.05. The molecule has 0 unspecified atom stereocenters. The molecule has 1 aliphatic heterocycles. The average Bonchev–Trinajstić information content (AvgIpc) is 3.12. The Morgan fingerprint density at radius 1 is 1.23 bits per heavy atom. The second-order valence-electron chi connectivity index (χ2n) is 5.31. The lowest BCUT2D eigenvalue weighted by Crippen LogP contribution is -2.03. The van der Waals surface area contributed by atoms with E-state index in [2.05, 4.69) is 0 Å². The van der Waals surface area contributed by atoms with Crippen LogP contribution in [0.15, 0.2) is 42.5 Å². The fourth-order valence-corrected chi connectivity index (χ4v) is 2.37. The molecule has 0 saturated carbocycles. The smallest absolute Gasteiger partial charge is 0.331 e. The van der Waals surface area contributed by atoms with Crippen LogP contribution in [0.4, 0.5) is 5.69 Å². The van der Waals surface area contributed by atoms with Crippen LogP contribution in [0, 0.1) is 10.1 Å². The minimum atomic E-state index is -0.587. The van der Waals surface area contributed by atoms with Gasteiger partial charge in [0, 0.05) is 23.8 Å². The topological polar surface area (TPSA) is 97.1 Å². The summed E-state index contributed by atoms with van der Waals surface area (Å²) in [4.78, 5) is 22.2. The second kappa shape index (κ2) is 7.56. The SMILES string of the molecule is COc1ccc([N+](=O)[O-])cc1COC(=O)/C=C/c1ccc2c(c1)OCO2. The molecule has 1 heterocycles. The summed E-state index contributed by atoms with van der Waals surface area (Å²) in [5.74, 6) is 1.09. The number of nitrogens with zero attached hydrogens (tertiary/aromatic N) is 1. The van der Waals surface area contributed by atoms with Crippen LogP contribution in [-0.4, -0.2) is 24.8 Å². The van der Waals surface area contributed by atoms with Crippen molar-refractivity contribution in [1.82, 2.24) is 0 Å². The van der Waals surface area contributed by atoms with Gasteiger partial charge in [-0.3, -0.25) is 10.1 Å². The lowest BCUT2D eigenvalue weighted by atomic mass is 10.2. The summed E-state index contributed by atoms with van der Waals surface area (Å²) in [6, 6.07) is 9.37. The predicted molar refractivity (Wildman–Crippen MR) is 91.0 cm³/mol. The van der Waals surface area contributed by atoms with Crippen LogP contribution in [0.2, 0.25) is 0 Å². The predicted octanol–water partition coefficient (Wildman–Crippen LogP) is 3.09. The van der Waals surface area contributed by atoms with Gasteiger partial charge in [0.15, 0.2) is 11.5 Å². The molecule has 0 saturated heterocycles. The molecule has 2 aromatic rings. The molecule has 26 heavy (non-hydrogen) atoms. The summed E-state index contributed by atoms with van der Waals surface area (Å²) in [6.45, 7) is 0.0325. The molecule has 1 aliphatic rings. The molecule has 2 aromatic carbocycles. The number of fused-ring (bicyclic) bond motifs is 1. The molecule has 0 fully saturated rings. The molecule has 0 N–H and O–H groups in total. The number of carbonyl (C=O) groups excluding carboxylic acids is 1. The molecule has 0 bridgehead atoms. The maximum atomic E-state index is 11.9. The van der Waals surface area contributed by atoms with Crippen molar-refractivity contribution >= 4 is 17.7 Å². The Morgan fingerprint density at radius 3 is 2.81 bits per heavy atom. The van der Waals surface area contributed by atoms with Gasteiger partial charge < -0.3 is 18.9 Å². The van der Waals surface area contributed by atoms with Gasteiger partial charge in [-0.25, -0.2) is 4.79 Å². The molecular weight excluding hydrogens is 342 g/mol. The summed E-state index contributed by atoms with van der Waals surface area (Å²) in [5, 5.41) is 10.9. The van der Waals surface area contributed by atoms with E-state index >= 15 is 0 Å². The first-order valence-corrected chi connectivity index (χ1v) is 7.62. The summed E-state index contributed by atoms with van der Waals surface area (Å²) in [6.07, 6.45) is 2.84. The first kappa shape index (κ1) is 17.3. The molecule has 134 valence electrons. The fourth-order valence-electron chi connectivity index (χ4n) is 2.37. The lowest BCUT2D eigenvalue weighted by Gasteiger charge is -2.08. The maximum Gasteiger partial charge on any atom is 0.331 e. The van der Waals surface area contributed by atoms with Gasteiger partial charge in [0.2, 0.25) is 6.79 Å². The van der Waals surface area contributed by atoms with Crippen molar-refractivity contribution in [2.45, 2.75) is 6.61 Å². The maximum absolute atomic E-state index is 11.9. The van der Waals surface area contributed by atoms with Gasteiger partial charge in [0.05, 0.1) is 12.0 Å². The molecule has 0 aromatic heterocycles. The van der Waals surface area contributed by atoms with Crippen molar-refractivity contribution in [3.63, 3.8) is 0 Å². The van der Waals surface area contributed by atoms with E-state index in [1.165, 1.54) is 31.4 Å². The van der Waals surface area contributed by atoms with Gasteiger partial charge >= 0.3 is 5.97 Å². The zero-order chi connectivity index (χ0) is 18.5. The van der Waals surface area contributed by atoms with E-state index in [-0.39, 0.29) is 19.1 Å². The minimum Gasteiger partial charge on any atom is -0.496 e. The lowest BCUT2D eigenvalue weighted by molar-refractivity contribution is -0.385. The third-order valence-corrected chi connectivity index (χ3v) is 3.65. The van der Waals surface area contributed by atoms with Gasteiger partial charge in [-0.15, -0.1) is 0 Å². The number of methoxy groups -OCH3 is 1. The third kappa shape index (κ3) is 3.92. The zero-order valence-electron chi connectivity index (χ0n) is 13.8. The largest absolute Gasteiger partial charge is 0.496 e. The number of benzene rings is 2. The standard InChI is InChI=1S/C18H15NO7/c1-23-15-6-4-14(19(21)22)9-13(15)10-24-18(20)7-3-12-2-5-16-17(8-12)26-11-25-16/h2-9H,10-11H2,1H3/b7-3+. The van der Waals surface area contributed by atoms with Crippen molar-refractivity contribution in [2.75, 3.05) is 13.9 Å². The van der Waals surface area contributed by atoms with E-state index in [4.69, 9.17) is 18.9 Å². The second-order valence-corrected chi connectivity index (χ2v) is 5.31. The third-order valence-electron chi connectivity index (χ3n) is 3.65. The number of carbonyl (C=O) groups is 1. The van der Waals surface area contributed by atoms with Gasteiger partial charge in [-0.05, 0) is 29.8 Å². The highest BCUT2D eigenvalue weighted by Crippen LogP contribution is 2.32.